The van der Waals surface area contributed by atoms with Crippen molar-refractivity contribution in [3.63, 3.8) is 0 Å². The lowest BCUT2D eigenvalue weighted by molar-refractivity contribution is 0.463. The Bertz CT molecular complexity index is 3860. The zero-order valence-electron chi connectivity index (χ0n) is 44.4. The minimum absolute atomic E-state index is 0.00456. The van der Waals surface area contributed by atoms with Crippen molar-refractivity contribution in [3.05, 3.63) is 327 Å². The van der Waals surface area contributed by atoms with Crippen molar-refractivity contribution < 1.29 is 17.6 Å². The Morgan fingerprint density at radius 3 is 0.317 bits per heavy atom. The smallest absolute Gasteiger partial charge is 0.170 e. The molecule has 0 N–H and O–H groups in total. The number of hydrogen-bond acceptors (Lipinski definition) is 0. The summed E-state index contributed by atoms with van der Waals surface area (Å²) in [6.45, 7) is 0. The van der Waals surface area contributed by atoms with Crippen molar-refractivity contribution in [2.24, 2.45) is 0 Å². The van der Waals surface area contributed by atoms with Crippen LogP contribution in [0.2, 0.25) is 0 Å². The SMILES string of the molecule is Fc1c(F)c(-c2c(-c3ccccc3)c(-c3ccccc3)c(-c3ccccc3)c(-c3ccccc3)c2-c2ccccc2)c(F)c(F)c1-c1c(-c2ccccc2)c(-c2ccccc2)c(-c2ccccc2)c(-c2ccccc2)c1-c1ccccc1. The lowest BCUT2D eigenvalue weighted by Crippen LogP contribution is -2.10. The molecule has 0 bridgehead atoms. The highest BCUT2D eigenvalue weighted by Gasteiger charge is 2.38. The molecule has 13 aromatic carbocycles. The summed E-state index contributed by atoms with van der Waals surface area (Å²) < 4.78 is 77.7. The van der Waals surface area contributed by atoms with Gasteiger partial charge < -0.3 is 0 Å². The van der Waals surface area contributed by atoms with Crippen molar-refractivity contribution in [1.82, 2.24) is 0 Å². The average Bonchev–Trinajstić information content (AvgIpc) is 1.15. The van der Waals surface area contributed by atoms with Gasteiger partial charge in [-0.3, -0.25) is 0 Å². The maximum atomic E-state index is 19.4. The molecule has 0 nitrogen and oxygen atoms in total. The summed E-state index contributed by atoms with van der Waals surface area (Å²) in [6.07, 6.45) is 0. The Balaban J connectivity index is 1.28. The maximum Gasteiger partial charge on any atom is 0.170 e. The monoisotopic (exact) mass is 1060 g/mol. The molecule has 0 amide bonds. The Hall–Kier alpha value is -10.4. The first kappa shape index (κ1) is 51.0. The van der Waals surface area contributed by atoms with E-state index in [-0.39, 0.29) is 11.1 Å². The van der Waals surface area contributed by atoms with E-state index in [2.05, 4.69) is 0 Å². The molecule has 390 valence electrons. The van der Waals surface area contributed by atoms with E-state index in [1.807, 2.05) is 303 Å². The van der Waals surface area contributed by atoms with Gasteiger partial charge in [0, 0.05) is 11.1 Å². The third-order valence-corrected chi connectivity index (χ3v) is 15.4. The van der Waals surface area contributed by atoms with Gasteiger partial charge in [0.15, 0.2) is 23.3 Å². The summed E-state index contributed by atoms with van der Waals surface area (Å²) in [7, 11) is 0. The summed E-state index contributed by atoms with van der Waals surface area (Å²) in [5.41, 5.74) is 10.9. The van der Waals surface area contributed by atoms with E-state index in [1.165, 1.54) is 0 Å². The van der Waals surface area contributed by atoms with Crippen LogP contribution in [0.3, 0.4) is 0 Å². The molecule has 0 aliphatic carbocycles. The van der Waals surface area contributed by atoms with Gasteiger partial charge in [0.25, 0.3) is 0 Å². The van der Waals surface area contributed by atoms with Gasteiger partial charge in [-0.25, -0.2) is 17.6 Å². The van der Waals surface area contributed by atoms with Crippen LogP contribution in [0.1, 0.15) is 0 Å². The molecular formula is C78H50F4. The van der Waals surface area contributed by atoms with Crippen LogP contribution in [-0.2, 0) is 0 Å². The van der Waals surface area contributed by atoms with Crippen molar-refractivity contribution in [2.75, 3.05) is 0 Å². The van der Waals surface area contributed by atoms with Gasteiger partial charge in [-0.2, -0.15) is 0 Å². The fourth-order valence-corrected chi connectivity index (χ4v) is 12.0. The molecule has 0 unspecified atom stereocenters. The van der Waals surface area contributed by atoms with Crippen molar-refractivity contribution in [3.8, 4) is 134 Å². The number of rotatable bonds is 12. The Morgan fingerprint density at radius 2 is 0.207 bits per heavy atom. The van der Waals surface area contributed by atoms with E-state index in [4.69, 9.17) is 0 Å². The molecule has 0 aromatic heterocycles. The highest BCUT2D eigenvalue weighted by molar-refractivity contribution is 6.17. The van der Waals surface area contributed by atoms with Crippen LogP contribution in [0.4, 0.5) is 17.6 Å². The average molecular weight is 1060 g/mol. The zero-order valence-corrected chi connectivity index (χ0v) is 44.4. The standard InChI is InChI=1S/C78H50F4/c79-75-73(71-67(57-43-23-7-24-44-57)63(53-35-15-3-16-36-53)61(51-31-11-1-12-32-51)64(54-37-17-4-18-38-54)68(71)58-45-25-8-26-46-58)76(80)78(82)74(77(75)81)72-69(59-47-27-9-28-48-59)65(55-39-19-5-20-40-55)62(52-33-13-2-14-34-52)66(56-41-21-6-22-42-56)70(72)60-49-29-10-30-50-60/h1-50H. The van der Waals surface area contributed by atoms with Crippen LogP contribution in [0.25, 0.3) is 134 Å². The van der Waals surface area contributed by atoms with Crippen LogP contribution in [-0.4, -0.2) is 0 Å². The Morgan fingerprint density at radius 1 is 0.110 bits per heavy atom. The first-order chi connectivity index (χ1) is 40.5. The van der Waals surface area contributed by atoms with Gasteiger partial charge in [0.1, 0.15) is 0 Å². The Kier molecular flexibility index (Phi) is 13.9. The van der Waals surface area contributed by atoms with Gasteiger partial charge in [-0.1, -0.05) is 303 Å². The molecule has 13 aromatic rings. The molecule has 0 atom stereocenters. The molecule has 0 saturated heterocycles. The van der Waals surface area contributed by atoms with Crippen LogP contribution < -0.4 is 0 Å². The molecule has 0 fully saturated rings. The van der Waals surface area contributed by atoms with Crippen LogP contribution in [0.15, 0.2) is 303 Å². The third-order valence-electron chi connectivity index (χ3n) is 15.4. The van der Waals surface area contributed by atoms with Gasteiger partial charge in [0.2, 0.25) is 0 Å². The second-order valence-corrected chi connectivity index (χ2v) is 20.2. The molecule has 4 heteroatoms. The van der Waals surface area contributed by atoms with Gasteiger partial charge in [-0.05, 0) is 111 Å². The molecule has 0 radical (unpaired) electrons. The van der Waals surface area contributed by atoms with Crippen molar-refractivity contribution >= 4 is 0 Å². The fraction of sp³-hybridized carbons (Fsp3) is 0. The fourth-order valence-electron chi connectivity index (χ4n) is 12.0. The zero-order chi connectivity index (χ0) is 55.5. The molecule has 0 spiro atoms. The van der Waals surface area contributed by atoms with Gasteiger partial charge in [-0.15, -0.1) is 0 Å². The summed E-state index contributed by atoms with van der Waals surface area (Å²) in [5, 5.41) is 0. The highest BCUT2D eigenvalue weighted by atomic mass is 19.2. The van der Waals surface area contributed by atoms with Crippen molar-refractivity contribution in [2.45, 2.75) is 0 Å². The normalized spacial score (nSPS) is 11.2. The molecule has 0 aliphatic heterocycles. The highest BCUT2D eigenvalue weighted by Crippen LogP contribution is 2.60. The summed E-state index contributed by atoms with van der Waals surface area (Å²) in [5.74, 6) is -6.16. The third kappa shape index (κ3) is 9.11. The van der Waals surface area contributed by atoms with Crippen LogP contribution in [0.5, 0.6) is 0 Å². The van der Waals surface area contributed by atoms with Crippen LogP contribution >= 0.6 is 0 Å². The predicted molar refractivity (Wildman–Crippen MR) is 332 cm³/mol. The molecule has 0 saturated carbocycles. The second kappa shape index (κ2) is 22.4. The summed E-state index contributed by atoms with van der Waals surface area (Å²) in [6, 6.07) is 96.2. The topological polar surface area (TPSA) is 0 Å². The van der Waals surface area contributed by atoms with Gasteiger partial charge >= 0.3 is 0 Å². The minimum atomic E-state index is -1.54. The molecular weight excluding hydrogens is 1010 g/mol. The largest absolute Gasteiger partial charge is 0.203 e. The number of halogens is 4. The van der Waals surface area contributed by atoms with Crippen molar-refractivity contribution in [1.29, 1.82) is 0 Å². The quantitative estimate of drug-likeness (QED) is 0.0845. The first-order valence-corrected chi connectivity index (χ1v) is 27.4. The first-order valence-electron chi connectivity index (χ1n) is 27.4. The van der Waals surface area contributed by atoms with E-state index in [1.54, 1.807) is 0 Å². The van der Waals surface area contributed by atoms with E-state index < -0.39 is 34.4 Å². The minimum Gasteiger partial charge on any atom is -0.203 e. The second-order valence-electron chi connectivity index (χ2n) is 20.2. The van der Waals surface area contributed by atoms with E-state index in [0.29, 0.717) is 66.8 Å². The van der Waals surface area contributed by atoms with Gasteiger partial charge in [0.05, 0.1) is 11.1 Å². The molecule has 82 heavy (non-hydrogen) atoms. The lowest BCUT2D eigenvalue weighted by atomic mass is 9.72. The van der Waals surface area contributed by atoms with Crippen LogP contribution in [0, 0.1) is 23.3 Å². The lowest BCUT2D eigenvalue weighted by Gasteiger charge is -2.30. The number of benzene rings is 13. The summed E-state index contributed by atoms with van der Waals surface area (Å²) in [4.78, 5) is 0. The molecule has 13 rings (SSSR count). The Labute approximate surface area is 475 Å². The summed E-state index contributed by atoms with van der Waals surface area (Å²) >= 11 is 0. The van der Waals surface area contributed by atoms with E-state index in [0.717, 1.165) is 44.5 Å². The van der Waals surface area contributed by atoms with E-state index >= 15 is 17.6 Å². The van der Waals surface area contributed by atoms with E-state index in [9.17, 15) is 0 Å². The maximum absolute atomic E-state index is 19.4. The predicted octanol–water partition coefficient (Wildman–Crippen LogP) is 22.2. The molecule has 0 heterocycles. The number of hydrogen-bond donors (Lipinski definition) is 0. The molecule has 0 aliphatic rings.